The zero-order chi connectivity index (χ0) is 38.6. The Morgan fingerprint density at radius 1 is 0.582 bits per heavy atom. The molecule has 5 nitrogen and oxygen atoms in total. The molecule has 0 saturated heterocycles. The van der Waals surface area contributed by atoms with Crippen LogP contribution in [0.4, 0.5) is 0 Å². The van der Waals surface area contributed by atoms with Crippen molar-refractivity contribution in [1.82, 2.24) is 4.90 Å². The van der Waals surface area contributed by atoms with Crippen molar-refractivity contribution in [2.24, 2.45) is 0 Å². The highest BCUT2D eigenvalue weighted by molar-refractivity contribution is 6.99. The fourth-order valence-corrected chi connectivity index (χ4v) is 12.1. The lowest BCUT2D eigenvalue weighted by Gasteiger charge is -2.43. The molecule has 0 aliphatic carbocycles. The minimum atomic E-state index is -2.72. The van der Waals surface area contributed by atoms with Gasteiger partial charge in [-0.25, -0.2) is 4.79 Å². The lowest BCUT2D eigenvalue weighted by Crippen LogP contribution is -2.66. The molecule has 0 aromatic heterocycles. The molecule has 0 unspecified atom stereocenters. The number of carbonyl (C=O) groups is 1. The Hall–Kier alpha value is -5.11. The quantitative estimate of drug-likeness (QED) is 0.0403. The lowest BCUT2D eigenvalue weighted by molar-refractivity contribution is 0.00291. The number of rotatable bonds is 17. The Balaban J connectivity index is 1.05. The van der Waals surface area contributed by atoms with Crippen LogP contribution in [-0.2, 0) is 26.1 Å². The number of benzene rings is 6. The molecule has 6 heteroatoms. The van der Waals surface area contributed by atoms with E-state index in [9.17, 15) is 4.79 Å². The van der Waals surface area contributed by atoms with Crippen LogP contribution in [0.25, 0.3) is 0 Å². The van der Waals surface area contributed by atoms with Gasteiger partial charge in [0.05, 0.1) is 25.4 Å². The third kappa shape index (κ3) is 9.23. The molecule has 0 heterocycles. The zero-order valence-electron chi connectivity index (χ0n) is 32.6. The van der Waals surface area contributed by atoms with E-state index < -0.39 is 13.9 Å². The molecule has 0 fully saturated rings. The number of ether oxygens (including phenoxy) is 2. The molecule has 6 aromatic rings. The monoisotopic (exact) mass is 747 g/mol. The summed E-state index contributed by atoms with van der Waals surface area (Å²) in [5, 5.41) is 2.31. The molecular weight excluding hydrogens is 695 g/mol. The fourth-order valence-electron chi connectivity index (χ4n) is 7.56. The molecule has 55 heavy (non-hydrogen) atoms. The predicted octanol–water partition coefficient (Wildman–Crippen LogP) is 9.25. The second-order valence-corrected chi connectivity index (χ2v) is 19.4. The summed E-state index contributed by atoms with van der Waals surface area (Å²) in [4.78, 5) is 15.5. The van der Waals surface area contributed by atoms with Crippen LogP contribution in [0.5, 0.6) is 0 Å². The van der Waals surface area contributed by atoms with E-state index in [4.69, 9.17) is 13.9 Å². The first-order valence-corrected chi connectivity index (χ1v) is 21.1. The van der Waals surface area contributed by atoms with E-state index in [1.807, 2.05) is 54.6 Å². The Morgan fingerprint density at radius 3 is 1.53 bits per heavy atom. The third-order valence-corrected chi connectivity index (χ3v) is 15.3. The summed E-state index contributed by atoms with van der Waals surface area (Å²) in [5.41, 5.74) is 3.98. The second-order valence-electron chi connectivity index (χ2n) is 15.1. The summed E-state index contributed by atoms with van der Waals surface area (Å²) >= 11 is 0. The number of nitrogens with zero attached hydrogens (tertiary/aromatic N) is 1. The van der Waals surface area contributed by atoms with Gasteiger partial charge in [-0.2, -0.15) is 0 Å². The van der Waals surface area contributed by atoms with Gasteiger partial charge in [-0.1, -0.05) is 185 Å². The van der Waals surface area contributed by atoms with E-state index in [1.165, 1.54) is 10.4 Å². The van der Waals surface area contributed by atoms with E-state index in [1.54, 1.807) is 0 Å². The number of carbonyl (C=O) groups excluding carboxylic acids is 1. The van der Waals surface area contributed by atoms with Crippen molar-refractivity contribution in [3.05, 3.63) is 204 Å². The number of likely N-dealkylation sites (N-methyl/N-ethyl adjacent to an activating group) is 1. The molecule has 282 valence electrons. The lowest BCUT2D eigenvalue weighted by atomic mass is 9.80. The van der Waals surface area contributed by atoms with Gasteiger partial charge < -0.3 is 18.8 Å². The van der Waals surface area contributed by atoms with Gasteiger partial charge in [0.2, 0.25) is 0 Å². The number of hydrogen-bond acceptors (Lipinski definition) is 5. The molecule has 0 atom stereocenters. The van der Waals surface area contributed by atoms with Crippen LogP contribution in [0, 0.1) is 0 Å². The van der Waals surface area contributed by atoms with E-state index in [0.29, 0.717) is 31.8 Å². The minimum Gasteiger partial charge on any atom is -0.462 e. The highest BCUT2D eigenvalue weighted by Gasteiger charge is 2.50. The number of esters is 1. The van der Waals surface area contributed by atoms with Crippen molar-refractivity contribution in [3.8, 4) is 0 Å². The first kappa shape index (κ1) is 39.6. The van der Waals surface area contributed by atoms with Gasteiger partial charge in [-0.15, -0.1) is 0 Å². The van der Waals surface area contributed by atoms with Crippen LogP contribution >= 0.6 is 0 Å². The highest BCUT2D eigenvalue weighted by atomic mass is 28.4. The summed E-state index contributed by atoms with van der Waals surface area (Å²) in [6, 6.07) is 60.2. The van der Waals surface area contributed by atoms with Crippen molar-refractivity contribution < 1.29 is 18.7 Å². The summed E-state index contributed by atoms with van der Waals surface area (Å²) in [5.74, 6) is -0.323. The van der Waals surface area contributed by atoms with E-state index >= 15 is 0 Å². The van der Waals surface area contributed by atoms with Gasteiger partial charge in [0.1, 0.15) is 5.60 Å². The smallest absolute Gasteiger partial charge is 0.338 e. The van der Waals surface area contributed by atoms with E-state index in [0.717, 1.165) is 35.3 Å². The summed E-state index contributed by atoms with van der Waals surface area (Å²) < 4.78 is 19.8. The van der Waals surface area contributed by atoms with Crippen molar-refractivity contribution in [2.75, 3.05) is 33.4 Å². The molecule has 6 rings (SSSR count). The third-order valence-electron chi connectivity index (χ3n) is 10.3. The maximum Gasteiger partial charge on any atom is 0.338 e. The topological polar surface area (TPSA) is 48.0 Å². The predicted molar refractivity (Wildman–Crippen MR) is 226 cm³/mol. The van der Waals surface area contributed by atoms with Gasteiger partial charge in [0, 0.05) is 13.1 Å². The molecule has 6 aromatic carbocycles. The first-order chi connectivity index (χ1) is 26.7. The van der Waals surface area contributed by atoms with Gasteiger partial charge in [-0.05, 0) is 63.3 Å². The average Bonchev–Trinajstić information content (AvgIpc) is 3.23. The van der Waals surface area contributed by atoms with Crippen LogP contribution in [-0.4, -0.2) is 52.5 Å². The zero-order valence-corrected chi connectivity index (χ0v) is 33.6. The van der Waals surface area contributed by atoms with Crippen LogP contribution in [0.2, 0.25) is 5.04 Å². The van der Waals surface area contributed by atoms with Gasteiger partial charge >= 0.3 is 5.97 Å². The summed E-state index contributed by atoms with van der Waals surface area (Å²) in [6.45, 7) is 9.52. The Labute approximate surface area is 328 Å². The maximum absolute atomic E-state index is 13.2. The highest BCUT2D eigenvalue weighted by Crippen LogP contribution is 2.40. The molecule has 0 radical (unpaired) electrons. The maximum atomic E-state index is 13.2. The van der Waals surface area contributed by atoms with Crippen molar-refractivity contribution in [1.29, 1.82) is 0 Å². The molecule has 0 N–H and O–H groups in total. The molecular formula is C49H53NO4Si. The average molecular weight is 748 g/mol. The minimum absolute atomic E-state index is 0.139. The van der Waals surface area contributed by atoms with Crippen molar-refractivity contribution >= 4 is 24.7 Å². The normalized spacial score (nSPS) is 12.1. The van der Waals surface area contributed by atoms with Crippen LogP contribution in [0.3, 0.4) is 0 Å². The molecule has 0 bridgehead atoms. The van der Waals surface area contributed by atoms with Gasteiger partial charge in [0.15, 0.2) is 0 Å². The van der Waals surface area contributed by atoms with Crippen LogP contribution < -0.4 is 10.4 Å². The largest absolute Gasteiger partial charge is 0.462 e. The second kappa shape index (κ2) is 18.5. The first-order valence-electron chi connectivity index (χ1n) is 19.2. The Morgan fingerprint density at radius 2 is 1.05 bits per heavy atom. The fraction of sp³-hybridized carbons (Fsp3) is 0.245. The van der Waals surface area contributed by atoms with Crippen molar-refractivity contribution in [3.63, 3.8) is 0 Å². The van der Waals surface area contributed by atoms with Gasteiger partial charge in [-0.3, -0.25) is 0 Å². The van der Waals surface area contributed by atoms with Crippen LogP contribution in [0.15, 0.2) is 176 Å². The van der Waals surface area contributed by atoms with Crippen LogP contribution in [0.1, 0.15) is 59.8 Å². The summed E-state index contributed by atoms with van der Waals surface area (Å²) in [7, 11) is -0.637. The molecule has 0 amide bonds. The number of hydrogen-bond donors (Lipinski definition) is 0. The van der Waals surface area contributed by atoms with Gasteiger partial charge in [0.25, 0.3) is 8.32 Å². The Bertz CT molecular complexity index is 1920. The standard InChI is InChI=1S/C49H53NO4Si/c1-48(2,3)55(45-30-16-8-17-31-45,46-32-18-9-19-33-46)54-39-40-22-20-23-41(38-40)47(51)52-36-21-34-50(4)35-37-53-49(42-24-10-5-11-25-42,43-26-12-6-13-27-43)44-28-14-7-15-29-44/h5-20,22-33,38H,21,34-37,39H2,1-4H3. The Kier molecular flexibility index (Phi) is 13.3. The van der Waals surface area contributed by atoms with Crippen molar-refractivity contribution in [2.45, 2.75) is 44.4 Å². The molecule has 0 spiro atoms. The molecule has 0 aliphatic heterocycles. The SMILES string of the molecule is CN(CCCOC(=O)c1cccc(CO[Si](c2ccccc2)(c2ccccc2)C(C)(C)C)c1)CCOC(c1ccccc1)(c1ccccc1)c1ccccc1. The van der Waals surface area contributed by atoms with E-state index in [2.05, 4.69) is 154 Å². The molecule has 0 aliphatic rings. The summed E-state index contributed by atoms with van der Waals surface area (Å²) in [6.07, 6.45) is 0.708. The van der Waals surface area contributed by atoms with E-state index in [-0.39, 0.29) is 11.0 Å². The molecule has 0 saturated carbocycles.